The summed E-state index contributed by atoms with van der Waals surface area (Å²) in [4.78, 5) is 12.1. The molecule has 1 aromatic carbocycles. The van der Waals surface area contributed by atoms with Crippen LogP contribution in [0.4, 0.5) is 17.6 Å². The second-order valence-corrected chi connectivity index (χ2v) is 8.90. The van der Waals surface area contributed by atoms with Gasteiger partial charge in [0.2, 0.25) is 5.95 Å². The molecule has 31 heavy (non-hydrogen) atoms. The third-order valence-electron chi connectivity index (χ3n) is 6.31. The van der Waals surface area contributed by atoms with Gasteiger partial charge in [-0.3, -0.25) is 10.00 Å². The summed E-state index contributed by atoms with van der Waals surface area (Å²) in [5, 5.41) is 24.5. The smallest absolute Gasteiger partial charge is 0.225 e. The summed E-state index contributed by atoms with van der Waals surface area (Å²) in [5.74, 6) is 1.99. The maximum absolute atomic E-state index is 8.95. The van der Waals surface area contributed by atoms with Crippen molar-refractivity contribution in [1.82, 2.24) is 25.1 Å². The van der Waals surface area contributed by atoms with Crippen LogP contribution in [0.2, 0.25) is 5.02 Å². The van der Waals surface area contributed by atoms with Gasteiger partial charge in [-0.25, -0.2) is 4.98 Å². The van der Waals surface area contributed by atoms with Crippen molar-refractivity contribution in [3.63, 3.8) is 0 Å². The van der Waals surface area contributed by atoms with E-state index in [0.29, 0.717) is 47.2 Å². The molecule has 0 saturated carbocycles. The van der Waals surface area contributed by atoms with Crippen molar-refractivity contribution in [3.05, 3.63) is 35.0 Å². The van der Waals surface area contributed by atoms with Crippen LogP contribution in [-0.4, -0.2) is 49.7 Å². The van der Waals surface area contributed by atoms with E-state index in [0.717, 1.165) is 36.0 Å². The van der Waals surface area contributed by atoms with Crippen LogP contribution in [0.5, 0.6) is 0 Å². The van der Waals surface area contributed by atoms with Gasteiger partial charge < -0.3 is 10.6 Å². The highest BCUT2D eigenvalue weighted by Gasteiger charge is 2.40. The van der Waals surface area contributed by atoms with E-state index >= 15 is 0 Å². The lowest BCUT2D eigenvalue weighted by Gasteiger charge is -2.38. The number of aromatic amines is 1. The van der Waals surface area contributed by atoms with Crippen LogP contribution in [0.25, 0.3) is 10.9 Å². The number of aryl methyl sites for hydroxylation is 1. The monoisotopic (exact) mass is 436 g/mol. The predicted octanol–water partition coefficient (Wildman–Crippen LogP) is 4.38. The number of anilines is 3. The summed E-state index contributed by atoms with van der Waals surface area (Å²) in [7, 11) is 0. The van der Waals surface area contributed by atoms with Crippen LogP contribution in [0, 0.1) is 18.3 Å². The van der Waals surface area contributed by atoms with Crippen molar-refractivity contribution < 1.29 is 0 Å². The Hall–Kier alpha value is -2.89. The second-order valence-electron chi connectivity index (χ2n) is 8.46. The number of H-pyrrole nitrogens is 1. The Morgan fingerprint density at radius 3 is 2.74 bits per heavy atom. The van der Waals surface area contributed by atoms with E-state index in [1.54, 1.807) is 0 Å². The molecule has 160 valence electrons. The molecule has 2 fully saturated rings. The van der Waals surface area contributed by atoms with E-state index in [1.807, 2.05) is 31.2 Å². The first-order valence-corrected chi connectivity index (χ1v) is 11.1. The molecule has 2 saturated heterocycles. The summed E-state index contributed by atoms with van der Waals surface area (Å²) >= 11 is 6.24. The van der Waals surface area contributed by atoms with E-state index in [4.69, 9.17) is 26.8 Å². The first kappa shape index (κ1) is 20.0. The number of piperidine rings is 1. The summed E-state index contributed by atoms with van der Waals surface area (Å²) in [6.07, 6.45) is 5.10. The lowest BCUT2D eigenvalue weighted by molar-refractivity contribution is 0.135. The molecule has 2 bridgehead atoms. The molecule has 1 unspecified atom stereocenters. The predicted molar refractivity (Wildman–Crippen MR) is 122 cm³/mol. The van der Waals surface area contributed by atoms with E-state index in [1.165, 1.54) is 12.8 Å². The number of rotatable bonds is 6. The van der Waals surface area contributed by atoms with Gasteiger partial charge in [-0.15, -0.1) is 0 Å². The molecular weight excluding hydrogens is 412 g/mol. The minimum Gasteiger partial charge on any atom is -0.351 e. The topological polar surface area (TPSA) is 106 Å². The Kier molecular flexibility index (Phi) is 5.38. The molecule has 2 aliphatic heterocycles. The van der Waals surface area contributed by atoms with Crippen LogP contribution in [-0.2, 0) is 0 Å². The third kappa shape index (κ3) is 4.16. The fraction of sp³-hybridized carbons (Fsp3) is 0.455. The third-order valence-corrected chi connectivity index (χ3v) is 6.54. The van der Waals surface area contributed by atoms with Gasteiger partial charge in [-0.2, -0.15) is 15.3 Å². The van der Waals surface area contributed by atoms with Gasteiger partial charge >= 0.3 is 0 Å². The maximum Gasteiger partial charge on any atom is 0.225 e. The van der Waals surface area contributed by atoms with E-state index in [-0.39, 0.29) is 0 Å². The number of hydrogen-bond donors (Lipinski definition) is 3. The lowest BCUT2D eigenvalue weighted by atomic mass is 9.97. The summed E-state index contributed by atoms with van der Waals surface area (Å²) in [6, 6.07) is 11.2. The quantitative estimate of drug-likeness (QED) is 0.526. The molecule has 3 N–H and O–H groups in total. The van der Waals surface area contributed by atoms with E-state index in [9.17, 15) is 0 Å². The largest absolute Gasteiger partial charge is 0.351 e. The minimum atomic E-state index is 0.320. The highest BCUT2D eigenvalue weighted by atomic mass is 35.5. The molecule has 8 nitrogen and oxygen atoms in total. The highest BCUT2D eigenvalue weighted by molar-refractivity contribution is 6.31. The molecule has 0 aliphatic carbocycles. The van der Waals surface area contributed by atoms with Crippen LogP contribution in [0.3, 0.4) is 0 Å². The normalized spacial score (nSPS) is 23.1. The molecule has 0 spiro atoms. The fourth-order valence-electron chi connectivity index (χ4n) is 4.98. The molecule has 9 heteroatoms. The Bertz CT molecular complexity index is 1120. The van der Waals surface area contributed by atoms with E-state index in [2.05, 4.69) is 31.8 Å². The minimum absolute atomic E-state index is 0.320. The van der Waals surface area contributed by atoms with Crippen molar-refractivity contribution in [2.24, 2.45) is 0 Å². The average molecular weight is 437 g/mol. The van der Waals surface area contributed by atoms with Gasteiger partial charge in [0.1, 0.15) is 5.82 Å². The second kappa shape index (κ2) is 8.33. The Morgan fingerprint density at radius 1 is 1.23 bits per heavy atom. The zero-order valence-corrected chi connectivity index (χ0v) is 18.2. The Labute approximate surface area is 186 Å². The molecule has 2 aromatic heterocycles. The molecule has 5 rings (SSSR count). The first-order valence-electron chi connectivity index (χ1n) is 10.7. The van der Waals surface area contributed by atoms with Crippen LogP contribution in [0.1, 0.15) is 37.8 Å². The van der Waals surface area contributed by atoms with Crippen molar-refractivity contribution in [1.29, 1.82) is 5.26 Å². The molecule has 0 radical (unpaired) electrons. The molecular formula is C22H25ClN8. The van der Waals surface area contributed by atoms with Crippen LogP contribution in [0.15, 0.2) is 24.3 Å². The fourth-order valence-corrected chi connectivity index (χ4v) is 5.15. The Morgan fingerprint density at radius 2 is 2.03 bits per heavy atom. The highest BCUT2D eigenvalue weighted by Crippen LogP contribution is 2.37. The number of benzene rings is 1. The van der Waals surface area contributed by atoms with Gasteiger partial charge in [0.15, 0.2) is 5.82 Å². The lowest BCUT2D eigenvalue weighted by Crippen LogP contribution is -2.47. The zero-order valence-electron chi connectivity index (χ0n) is 17.4. The zero-order chi connectivity index (χ0) is 21.4. The molecule has 2 aliphatic rings. The van der Waals surface area contributed by atoms with Crippen LogP contribution >= 0.6 is 11.6 Å². The number of nitrogens with one attached hydrogen (secondary N) is 3. The number of fused-ring (bicyclic) bond motifs is 3. The summed E-state index contributed by atoms with van der Waals surface area (Å²) < 4.78 is 0. The number of nitrogens with zero attached hydrogens (tertiary/aromatic N) is 5. The molecule has 4 heterocycles. The number of aromatic nitrogens is 4. The van der Waals surface area contributed by atoms with Gasteiger partial charge in [-0.1, -0.05) is 11.6 Å². The molecule has 3 atom stereocenters. The van der Waals surface area contributed by atoms with Gasteiger partial charge in [0.05, 0.1) is 11.6 Å². The average Bonchev–Trinajstić information content (AvgIpc) is 3.26. The van der Waals surface area contributed by atoms with Crippen molar-refractivity contribution in [2.75, 3.05) is 17.2 Å². The van der Waals surface area contributed by atoms with Crippen molar-refractivity contribution >= 4 is 40.1 Å². The summed E-state index contributed by atoms with van der Waals surface area (Å²) in [6.45, 7) is 2.83. The van der Waals surface area contributed by atoms with Crippen molar-refractivity contribution in [3.8, 4) is 6.07 Å². The van der Waals surface area contributed by atoms with Crippen molar-refractivity contribution in [2.45, 2.75) is 57.2 Å². The number of nitriles is 1. The van der Waals surface area contributed by atoms with Gasteiger partial charge in [0, 0.05) is 53.3 Å². The van der Waals surface area contributed by atoms with Crippen LogP contribution < -0.4 is 10.6 Å². The summed E-state index contributed by atoms with van der Waals surface area (Å²) in [5.41, 5.74) is 1.79. The number of halogens is 1. The molecule has 0 amide bonds. The van der Waals surface area contributed by atoms with Gasteiger partial charge in [-0.05, 0) is 50.8 Å². The first-order chi connectivity index (χ1) is 15.1. The maximum atomic E-state index is 8.95. The SMILES string of the molecule is Cc1cc(Nc2nc(NC3C[C@H]4CC[C@@H](C3)N4CCC#N)nc3ccc(Cl)cc23)n[nH]1. The van der Waals surface area contributed by atoms with E-state index < -0.39 is 0 Å². The number of hydrogen-bond acceptors (Lipinski definition) is 7. The van der Waals surface area contributed by atoms with Gasteiger partial charge in [0.25, 0.3) is 0 Å². The Balaban J connectivity index is 1.39. The molecule has 3 aromatic rings. The standard InChI is InChI=1S/C22H25ClN8/c1-13-9-20(30-29-13)27-21-18-10-14(23)3-6-19(18)26-22(28-21)25-15-11-16-4-5-17(12-15)31(16)8-2-7-24/h3,6,9-10,15-17H,2,4-5,8,11-12H2,1H3,(H3,25,26,27,28,29,30)/t15?,16-,17+.